The maximum Gasteiger partial charge on any atom is 0.413 e. The molecule has 0 saturated carbocycles. The molecule has 0 spiro atoms. The molecular formula is C28H36N8O6. The Balaban J connectivity index is 0.000000230. The Kier molecular flexibility index (Phi) is 11.2. The average molecular weight is 581 g/mol. The molecular weight excluding hydrogens is 544 g/mol. The highest BCUT2D eigenvalue weighted by atomic mass is 16.5. The van der Waals surface area contributed by atoms with Crippen LogP contribution in [0.2, 0.25) is 0 Å². The lowest BCUT2D eigenvalue weighted by Crippen LogP contribution is -2.34. The molecule has 0 bridgehead atoms. The van der Waals surface area contributed by atoms with E-state index in [4.69, 9.17) is 5.11 Å². The van der Waals surface area contributed by atoms with E-state index in [1.165, 1.54) is 23.3 Å². The first-order chi connectivity index (χ1) is 20.2. The molecule has 0 saturated heterocycles. The second kappa shape index (κ2) is 15.0. The van der Waals surface area contributed by atoms with Crippen LogP contribution in [0.3, 0.4) is 0 Å². The summed E-state index contributed by atoms with van der Waals surface area (Å²) in [6.07, 6.45) is 1.85. The largest absolute Gasteiger partial charge is 0.465 e. The number of benzene rings is 2. The number of nitrogens with zero attached hydrogens (tertiary/aromatic N) is 5. The van der Waals surface area contributed by atoms with Gasteiger partial charge in [-0.05, 0) is 37.1 Å². The van der Waals surface area contributed by atoms with Crippen molar-refractivity contribution in [3.8, 4) is 0 Å². The van der Waals surface area contributed by atoms with Crippen LogP contribution in [0, 0.1) is 0 Å². The van der Waals surface area contributed by atoms with Crippen molar-refractivity contribution in [3.63, 3.8) is 0 Å². The Morgan fingerprint density at radius 1 is 0.833 bits per heavy atom. The van der Waals surface area contributed by atoms with Crippen LogP contribution in [0.15, 0.2) is 48.5 Å². The average Bonchev–Trinajstić information content (AvgIpc) is 3.55. The summed E-state index contributed by atoms with van der Waals surface area (Å²) in [5.41, 5.74) is 2.40. The summed E-state index contributed by atoms with van der Waals surface area (Å²) in [6, 6.07) is 13.5. The molecule has 0 aliphatic heterocycles. The number of para-hydroxylation sites is 4. The van der Waals surface area contributed by atoms with Crippen molar-refractivity contribution in [3.05, 3.63) is 48.5 Å². The SMILES string of the molecule is CCCCNC(=O)n1c(N(C)C(=O)O)nc2ccccc21.CCCCNC(=O)n1c(NC(=O)OC)nc2ccccc21. The van der Waals surface area contributed by atoms with Crippen LogP contribution in [0.4, 0.5) is 31.1 Å². The number of anilines is 2. The van der Waals surface area contributed by atoms with Gasteiger partial charge in [-0.15, -0.1) is 0 Å². The zero-order valence-electron chi connectivity index (χ0n) is 24.1. The smallest absolute Gasteiger partial charge is 0.413 e. The van der Waals surface area contributed by atoms with Gasteiger partial charge in [-0.3, -0.25) is 5.32 Å². The van der Waals surface area contributed by atoms with E-state index >= 15 is 0 Å². The number of hydrogen-bond acceptors (Lipinski definition) is 7. The Bertz CT molecular complexity index is 1540. The van der Waals surface area contributed by atoms with Gasteiger partial charge in [0, 0.05) is 20.1 Å². The minimum absolute atomic E-state index is 0.0812. The number of fused-ring (bicyclic) bond motifs is 2. The number of hydrogen-bond donors (Lipinski definition) is 4. The molecule has 4 N–H and O–H groups in total. The molecule has 0 aliphatic carbocycles. The van der Waals surface area contributed by atoms with Gasteiger partial charge in [0.1, 0.15) is 0 Å². The van der Waals surface area contributed by atoms with Crippen LogP contribution in [-0.4, -0.2) is 75.7 Å². The quantitative estimate of drug-likeness (QED) is 0.209. The van der Waals surface area contributed by atoms with Crippen LogP contribution < -0.4 is 20.9 Å². The second-order valence-corrected chi connectivity index (χ2v) is 9.12. The fourth-order valence-corrected chi connectivity index (χ4v) is 3.88. The third-order valence-electron chi connectivity index (χ3n) is 6.11. The number of unbranched alkanes of at least 4 members (excludes halogenated alkanes) is 2. The molecule has 42 heavy (non-hydrogen) atoms. The number of rotatable bonds is 8. The van der Waals surface area contributed by atoms with E-state index in [1.54, 1.807) is 36.4 Å². The summed E-state index contributed by atoms with van der Waals surface area (Å²) in [5.74, 6) is 0.217. The summed E-state index contributed by atoms with van der Waals surface area (Å²) in [7, 11) is 2.61. The minimum atomic E-state index is -1.17. The lowest BCUT2D eigenvalue weighted by atomic mass is 10.3. The number of methoxy groups -OCH3 is 1. The molecule has 14 heteroatoms. The lowest BCUT2D eigenvalue weighted by molar-refractivity contribution is 0.186. The number of nitrogens with one attached hydrogen (secondary N) is 3. The van der Waals surface area contributed by atoms with Gasteiger partial charge in [0.25, 0.3) is 0 Å². The van der Waals surface area contributed by atoms with E-state index in [9.17, 15) is 19.2 Å². The normalized spacial score (nSPS) is 10.5. The summed E-state index contributed by atoms with van der Waals surface area (Å²) >= 11 is 0. The highest BCUT2D eigenvalue weighted by Crippen LogP contribution is 2.22. The summed E-state index contributed by atoms with van der Waals surface area (Å²) in [6.45, 7) is 5.18. The number of carbonyl (C=O) groups excluding carboxylic acids is 3. The van der Waals surface area contributed by atoms with E-state index < -0.39 is 12.2 Å². The molecule has 0 fully saturated rings. The Labute approximate surface area is 242 Å². The van der Waals surface area contributed by atoms with Crippen LogP contribution in [0.25, 0.3) is 22.1 Å². The molecule has 2 heterocycles. The number of carboxylic acid groups (broad SMARTS) is 1. The molecule has 2 aromatic carbocycles. The lowest BCUT2D eigenvalue weighted by Gasteiger charge is -2.14. The van der Waals surface area contributed by atoms with Crippen LogP contribution in [0.1, 0.15) is 39.5 Å². The first kappa shape index (κ1) is 31.4. The van der Waals surface area contributed by atoms with Crippen molar-refractivity contribution in [2.75, 3.05) is 37.5 Å². The number of imidazole rings is 2. The zero-order valence-corrected chi connectivity index (χ0v) is 24.1. The predicted octanol–water partition coefficient (Wildman–Crippen LogP) is 5.08. The standard InChI is InChI=1S/2C14H18N4O3/c1-3-4-9-15-13(19)18-11-8-6-5-7-10(11)16-12(18)17-14(20)21-2;1-3-4-9-15-13(19)18-11-8-6-5-7-10(11)16-12(18)17(2)14(20)21/h5-8H,3-4,9H2,1-2H3,(H,15,19)(H,16,17,20);5-8H,3-4,9H2,1-2H3,(H,15,19)(H,20,21). The van der Waals surface area contributed by atoms with Gasteiger partial charge in [0.15, 0.2) is 0 Å². The number of carbonyl (C=O) groups is 4. The monoisotopic (exact) mass is 580 g/mol. The van der Waals surface area contributed by atoms with Gasteiger partial charge >= 0.3 is 24.2 Å². The maximum absolute atomic E-state index is 12.3. The van der Waals surface area contributed by atoms with Crippen molar-refractivity contribution in [2.24, 2.45) is 0 Å². The molecule has 0 unspecified atom stereocenters. The van der Waals surface area contributed by atoms with Crippen LogP contribution in [-0.2, 0) is 4.74 Å². The minimum Gasteiger partial charge on any atom is -0.465 e. The molecule has 0 aliphatic rings. The molecule has 4 rings (SSSR count). The molecule has 224 valence electrons. The summed E-state index contributed by atoms with van der Waals surface area (Å²) in [4.78, 5) is 56.6. The molecule has 4 amide bonds. The summed E-state index contributed by atoms with van der Waals surface area (Å²) in [5, 5.41) is 17.2. The highest BCUT2D eigenvalue weighted by Gasteiger charge is 2.22. The number of aromatic nitrogens is 4. The van der Waals surface area contributed by atoms with Crippen molar-refractivity contribution < 1.29 is 29.0 Å². The van der Waals surface area contributed by atoms with Gasteiger partial charge in [-0.2, -0.15) is 0 Å². The fraction of sp³-hybridized carbons (Fsp3) is 0.357. The van der Waals surface area contributed by atoms with Crippen molar-refractivity contribution >= 4 is 58.2 Å². The summed E-state index contributed by atoms with van der Waals surface area (Å²) < 4.78 is 7.17. The van der Waals surface area contributed by atoms with Crippen molar-refractivity contribution in [1.29, 1.82) is 0 Å². The van der Waals surface area contributed by atoms with E-state index in [2.05, 4.69) is 30.7 Å². The highest BCUT2D eigenvalue weighted by molar-refractivity contribution is 5.97. The molecule has 0 atom stereocenters. The van der Waals surface area contributed by atoms with Crippen LogP contribution >= 0.6 is 0 Å². The zero-order chi connectivity index (χ0) is 30.6. The topological polar surface area (TPSA) is 173 Å². The van der Waals surface area contributed by atoms with Gasteiger partial charge in [0.05, 0.1) is 29.2 Å². The number of amides is 4. The Morgan fingerprint density at radius 3 is 1.86 bits per heavy atom. The number of ether oxygens (including phenoxy) is 1. The van der Waals surface area contributed by atoms with Gasteiger partial charge in [0.2, 0.25) is 11.9 Å². The van der Waals surface area contributed by atoms with Gasteiger partial charge < -0.3 is 20.5 Å². The molecule has 14 nitrogen and oxygen atoms in total. The third kappa shape index (κ3) is 7.53. The van der Waals surface area contributed by atoms with Crippen molar-refractivity contribution in [2.45, 2.75) is 39.5 Å². The first-order valence-corrected chi connectivity index (χ1v) is 13.6. The Hall–Kier alpha value is -5.14. The predicted molar refractivity (Wildman–Crippen MR) is 159 cm³/mol. The molecule has 2 aromatic heterocycles. The maximum atomic E-state index is 12.3. The first-order valence-electron chi connectivity index (χ1n) is 13.6. The van der Waals surface area contributed by atoms with E-state index in [0.717, 1.165) is 30.6 Å². The van der Waals surface area contributed by atoms with E-state index in [0.29, 0.717) is 35.2 Å². The van der Waals surface area contributed by atoms with Gasteiger partial charge in [-0.25, -0.2) is 43.2 Å². The Morgan fingerprint density at radius 2 is 1.33 bits per heavy atom. The second-order valence-electron chi connectivity index (χ2n) is 9.12. The van der Waals surface area contributed by atoms with Gasteiger partial charge in [-0.1, -0.05) is 51.0 Å². The third-order valence-corrected chi connectivity index (χ3v) is 6.11. The molecule has 4 aromatic rings. The molecule has 0 radical (unpaired) electrons. The fourth-order valence-electron chi connectivity index (χ4n) is 3.88. The van der Waals surface area contributed by atoms with E-state index in [1.807, 2.05) is 26.0 Å². The van der Waals surface area contributed by atoms with E-state index in [-0.39, 0.29) is 24.0 Å². The van der Waals surface area contributed by atoms with Crippen molar-refractivity contribution in [1.82, 2.24) is 29.7 Å². The van der Waals surface area contributed by atoms with Crippen LogP contribution in [0.5, 0.6) is 0 Å².